The van der Waals surface area contributed by atoms with Gasteiger partial charge in [-0.25, -0.2) is 4.99 Å². The third-order valence-electron chi connectivity index (χ3n) is 1.94. The zero-order valence-electron chi connectivity index (χ0n) is 8.93. The largest absolute Gasteiger partial charge is 0.490 e. The molecule has 1 aromatic carbocycles. The minimum Gasteiger partial charge on any atom is -0.490 e. The molecule has 0 saturated heterocycles. The number of aliphatic imine (C=N–C) groups is 1. The van der Waals surface area contributed by atoms with Crippen molar-refractivity contribution in [2.75, 3.05) is 7.11 Å². The number of methoxy groups -OCH3 is 1. The molecule has 7 nitrogen and oxygen atoms in total. The Balaban J connectivity index is 3.37. The first-order valence-corrected chi connectivity index (χ1v) is 4.38. The summed E-state index contributed by atoms with van der Waals surface area (Å²) in [5, 5.41) is 10.7. The van der Waals surface area contributed by atoms with Gasteiger partial charge in [0.2, 0.25) is 0 Å². The van der Waals surface area contributed by atoms with Crippen molar-refractivity contribution in [2.45, 2.75) is 6.92 Å². The zero-order chi connectivity index (χ0) is 12.3. The first kappa shape index (κ1) is 11.8. The summed E-state index contributed by atoms with van der Waals surface area (Å²) >= 11 is 0. The van der Waals surface area contributed by atoms with Crippen molar-refractivity contribution in [1.82, 2.24) is 0 Å². The fourth-order valence-electron chi connectivity index (χ4n) is 1.23. The van der Waals surface area contributed by atoms with Crippen LogP contribution in [-0.2, 0) is 0 Å². The number of ether oxygens (including phenoxy) is 1. The van der Waals surface area contributed by atoms with Gasteiger partial charge in [-0.2, -0.15) is 0 Å². The number of rotatable bonds is 3. The molecule has 0 saturated carbocycles. The number of aryl methyl sites for hydroxylation is 1. The van der Waals surface area contributed by atoms with E-state index in [2.05, 4.69) is 4.99 Å². The summed E-state index contributed by atoms with van der Waals surface area (Å²) < 4.78 is 4.89. The zero-order valence-corrected chi connectivity index (χ0v) is 8.93. The van der Waals surface area contributed by atoms with Crippen LogP contribution >= 0.6 is 0 Å². The number of benzene rings is 1. The average Bonchev–Trinajstić information content (AvgIpc) is 2.19. The fraction of sp³-hybridized carbons (Fsp3) is 0.222. The third-order valence-corrected chi connectivity index (χ3v) is 1.94. The molecule has 16 heavy (non-hydrogen) atoms. The van der Waals surface area contributed by atoms with Crippen LogP contribution in [0.4, 0.5) is 11.4 Å². The second-order valence-electron chi connectivity index (χ2n) is 3.10. The van der Waals surface area contributed by atoms with Crippen molar-refractivity contribution in [3.05, 3.63) is 27.8 Å². The van der Waals surface area contributed by atoms with Crippen LogP contribution in [0.25, 0.3) is 0 Å². The van der Waals surface area contributed by atoms with Crippen molar-refractivity contribution < 1.29 is 9.66 Å². The van der Waals surface area contributed by atoms with Crippen molar-refractivity contribution in [1.29, 1.82) is 0 Å². The molecule has 0 bridgehead atoms. The Kier molecular flexibility index (Phi) is 3.29. The number of nitro benzene ring substituents is 1. The minimum atomic E-state index is -0.523. The second-order valence-corrected chi connectivity index (χ2v) is 3.10. The van der Waals surface area contributed by atoms with Crippen LogP contribution in [0.5, 0.6) is 5.75 Å². The number of nitrogens with zero attached hydrogens (tertiary/aromatic N) is 2. The molecule has 4 N–H and O–H groups in total. The van der Waals surface area contributed by atoms with Gasteiger partial charge in [-0.3, -0.25) is 10.1 Å². The van der Waals surface area contributed by atoms with Gasteiger partial charge in [0.1, 0.15) is 0 Å². The normalized spacial score (nSPS) is 9.62. The SMILES string of the molecule is COc1cc(N=C(N)N)c(C)cc1[N+](=O)[O-]. The number of nitro groups is 1. The monoisotopic (exact) mass is 224 g/mol. The Morgan fingerprint density at radius 2 is 2.12 bits per heavy atom. The molecule has 1 rings (SSSR count). The van der Waals surface area contributed by atoms with E-state index in [0.717, 1.165) is 0 Å². The van der Waals surface area contributed by atoms with E-state index in [-0.39, 0.29) is 17.4 Å². The molecule has 7 heteroatoms. The Labute approximate surface area is 91.9 Å². The van der Waals surface area contributed by atoms with Crippen LogP contribution in [0.2, 0.25) is 0 Å². The smallest absolute Gasteiger partial charge is 0.311 e. The minimum absolute atomic E-state index is 0.112. The Hall–Kier alpha value is -2.31. The van der Waals surface area contributed by atoms with E-state index in [9.17, 15) is 10.1 Å². The van der Waals surface area contributed by atoms with Crippen molar-refractivity contribution in [2.24, 2.45) is 16.5 Å². The molecule has 1 aromatic rings. The van der Waals surface area contributed by atoms with Gasteiger partial charge in [-0.05, 0) is 12.5 Å². The molecule has 0 unspecified atom stereocenters. The molecule has 0 radical (unpaired) electrons. The van der Waals surface area contributed by atoms with E-state index in [1.807, 2.05) is 0 Å². The number of guanidine groups is 1. The van der Waals surface area contributed by atoms with E-state index >= 15 is 0 Å². The molecule has 0 aliphatic rings. The number of nitrogens with two attached hydrogens (primary N) is 2. The first-order chi connectivity index (χ1) is 7.45. The van der Waals surface area contributed by atoms with Gasteiger partial charge in [0.25, 0.3) is 0 Å². The summed E-state index contributed by atoms with van der Waals surface area (Å²) in [7, 11) is 1.34. The maximum absolute atomic E-state index is 10.7. The van der Waals surface area contributed by atoms with Crippen molar-refractivity contribution in [3.8, 4) is 5.75 Å². The summed E-state index contributed by atoms with van der Waals surface area (Å²) in [6.45, 7) is 1.67. The van der Waals surface area contributed by atoms with Gasteiger partial charge in [-0.1, -0.05) is 0 Å². The van der Waals surface area contributed by atoms with Gasteiger partial charge in [0.05, 0.1) is 17.7 Å². The lowest BCUT2D eigenvalue weighted by Crippen LogP contribution is -2.22. The van der Waals surface area contributed by atoms with Gasteiger partial charge >= 0.3 is 5.69 Å². The molecule has 0 atom stereocenters. The van der Waals surface area contributed by atoms with Gasteiger partial charge in [-0.15, -0.1) is 0 Å². The summed E-state index contributed by atoms with van der Waals surface area (Å²) in [6.07, 6.45) is 0. The number of hydrogen-bond donors (Lipinski definition) is 2. The molecular weight excluding hydrogens is 212 g/mol. The Bertz CT molecular complexity index is 452. The van der Waals surface area contributed by atoms with Crippen LogP contribution < -0.4 is 16.2 Å². The average molecular weight is 224 g/mol. The van der Waals surface area contributed by atoms with Crippen LogP contribution in [0.15, 0.2) is 17.1 Å². The maximum atomic E-state index is 10.7. The predicted molar refractivity (Wildman–Crippen MR) is 59.9 cm³/mol. The van der Waals surface area contributed by atoms with Gasteiger partial charge in [0, 0.05) is 12.1 Å². The second kappa shape index (κ2) is 4.47. The molecular formula is C9H12N4O3. The Morgan fingerprint density at radius 1 is 1.50 bits per heavy atom. The van der Waals surface area contributed by atoms with E-state index in [0.29, 0.717) is 11.3 Å². The van der Waals surface area contributed by atoms with Crippen LogP contribution in [-0.4, -0.2) is 18.0 Å². The van der Waals surface area contributed by atoms with Crippen molar-refractivity contribution in [3.63, 3.8) is 0 Å². The molecule has 0 amide bonds. The standard InChI is InChI=1S/C9H12N4O3/c1-5-3-7(13(14)15)8(16-2)4-6(5)12-9(10)11/h3-4H,1-2H3,(H4,10,11,12). The summed E-state index contributed by atoms with van der Waals surface area (Å²) in [5.41, 5.74) is 11.4. The van der Waals surface area contributed by atoms with E-state index in [1.165, 1.54) is 19.2 Å². The predicted octanol–water partition coefficient (Wildman–Crippen LogP) is 0.817. The molecule has 0 aliphatic carbocycles. The molecule has 0 aromatic heterocycles. The molecule has 86 valence electrons. The van der Waals surface area contributed by atoms with Gasteiger partial charge < -0.3 is 16.2 Å². The molecule has 0 aliphatic heterocycles. The lowest BCUT2D eigenvalue weighted by atomic mass is 10.1. The summed E-state index contributed by atoms with van der Waals surface area (Å²) in [6, 6.07) is 2.79. The highest BCUT2D eigenvalue weighted by molar-refractivity contribution is 5.80. The first-order valence-electron chi connectivity index (χ1n) is 4.38. The topological polar surface area (TPSA) is 117 Å². The third kappa shape index (κ3) is 2.38. The fourth-order valence-corrected chi connectivity index (χ4v) is 1.23. The van der Waals surface area contributed by atoms with E-state index < -0.39 is 4.92 Å². The van der Waals surface area contributed by atoms with Gasteiger partial charge in [0.15, 0.2) is 11.7 Å². The highest BCUT2D eigenvalue weighted by atomic mass is 16.6. The van der Waals surface area contributed by atoms with Crippen LogP contribution in [0, 0.1) is 17.0 Å². The molecule has 0 fully saturated rings. The summed E-state index contributed by atoms with van der Waals surface area (Å²) in [5.74, 6) is 0.00889. The molecule has 0 spiro atoms. The lowest BCUT2D eigenvalue weighted by Gasteiger charge is -2.05. The molecule has 0 heterocycles. The highest BCUT2D eigenvalue weighted by Crippen LogP contribution is 2.33. The highest BCUT2D eigenvalue weighted by Gasteiger charge is 2.17. The van der Waals surface area contributed by atoms with Crippen molar-refractivity contribution >= 4 is 17.3 Å². The maximum Gasteiger partial charge on any atom is 0.311 e. The van der Waals surface area contributed by atoms with Crippen LogP contribution in [0.1, 0.15) is 5.56 Å². The van der Waals surface area contributed by atoms with E-state index in [4.69, 9.17) is 16.2 Å². The quantitative estimate of drug-likeness (QED) is 0.341. The summed E-state index contributed by atoms with van der Waals surface area (Å²) in [4.78, 5) is 14.0. The van der Waals surface area contributed by atoms with E-state index in [1.54, 1.807) is 6.92 Å². The van der Waals surface area contributed by atoms with Crippen LogP contribution in [0.3, 0.4) is 0 Å². The Morgan fingerprint density at radius 3 is 2.56 bits per heavy atom. The number of hydrogen-bond acceptors (Lipinski definition) is 4. The lowest BCUT2D eigenvalue weighted by molar-refractivity contribution is -0.385.